The average molecular weight is 360 g/mol. The first-order chi connectivity index (χ1) is 8.65. The summed E-state index contributed by atoms with van der Waals surface area (Å²) in [6.45, 7) is 2.25. The van der Waals surface area contributed by atoms with Crippen molar-refractivity contribution in [2.75, 3.05) is 25.0 Å². The molecule has 18 heavy (non-hydrogen) atoms. The molecule has 5 heteroatoms. The topological polar surface area (TPSA) is 52.6 Å². The molecule has 1 saturated heterocycles. The summed E-state index contributed by atoms with van der Waals surface area (Å²) in [4.78, 5) is 12.3. The molecular weight excluding hydrogens is 343 g/mol. The molecule has 0 aliphatic carbocycles. The molecule has 1 amide bonds. The second-order valence-electron chi connectivity index (χ2n) is 4.60. The third-order valence-electron chi connectivity index (χ3n) is 3.32. The monoisotopic (exact) mass is 360 g/mol. The van der Waals surface area contributed by atoms with Gasteiger partial charge in [0, 0.05) is 28.9 Å². The van der Waals surface area contributed by atoms with E-state index in [9.17, 15) is 4.79 Å². The molecule has 4 nitrogen and oxygen atoms in total. The number of carboxylic acid groups (broad SMARTS) is 1. The molecule has 0 aromatic heterocycles. The SMILES string of the molecule is O=C(O)N1CCC(CNc2ccc(I)cc2)CC1. The fourth-order valence-electron chi connectivity index (χ4n) is 2.16. The highest BCUT2D eigenvalue weighted by atomic mass is 127. The normalized spacial score (nSPS) is 16.6. The van der Waals surface area contributed by atoms with Gasteiger partial charge in [-0.3, -0.25) is 0 Å². The molecule has 1 aliphatic rings. The van der Waals surface area contributed by atoms with Crippen LogP contribution in [0.5, 0.6) is 0 Å². The minimum absolute atomic E-state index is 0.569. The van der Waals surface area contributed by atoms with Crippen LogP contribution in [0.3, 0.4) is 0 Å². The van der Waals surface area contributed by atoms with E-state index < -0.39 is 6.09 Å². The van der Waals surface area contributed by atoms with E-state index in [1.807, 2.05) is 0 Å². The summed E-state index contributed by atoms with van der Waals surface area (Å²) >= 11 is 2.29. The average Bonchev–Trinajstić information content (AvgIpc) is 2.38. The van der Waals surface area contributed by atoms with Crippen LogP contribution in [-0.4, -0.2) is 35.7 Å². The van der Waals surface area contributed by atoms with Crippen molar-refractivity contribution in [2.24, 2.45) is 5.92 Å². The van der Waals surface area contributed by atoms with E-state index in [4.69, 9.17) is 5.11 Å². The fraction of sp³-hybridized carbons (Fsp3) is 0.462. The Hall–Kier alpha value is -0.980. The van der Waals surface area contributed by atoms with Gasteiger partial charge >= 0.3 is 6.09 Å². The van der Waals surface area contributed by atoms with Crippen LogP contribution in [-0.2, 0) is 0 Å². The van der Waals surface area contributed by atoms with E-state index in [1.54, 1.807) is 0 Å². The van der Waals surface area contributed by atoms with Crippen LogP contribution in [0, 0.1) is 9.49 Å². The first-order valence-electron chi connectivity index (χ1n) is 6.12. The van der Waals surface area contributed by atoms with Gasteiger partial charge < -0.3 is 15.3 Å². The lowest BCUT2D eigenvalue weighted by atomic mass is 9.97. The van der Waals surface area contributed by atoms with E-state index in [1.165, 1.54) is 8.47 Å². The second kappa shape index (κ2) is 6.26. The summed E-state index contributed by atoms with van der Waals surface area (Å²) in [7, 11) is 0. The third-order valence-corrected chi connectivity index (χ3v) is 4.04. The molecule has 0 unspecified atom stereocenters. The Morgan fingerprint density at radius 2 is 1.94 bits per heavy atom. The molecular formula is C13H17IN2O2. The van der Waals surface area contributed by atoms with Crippen molar-refractivity contribution in [2.45, 2.75) is 12.8 Å². The van der Waals surface area contributed by atoms with Crippen molar-refractivity contribution in [3.8, 4) is 0 Å². The van der Waals surface area contributed by atoms with Gasteiger partial charge in [-0.2, -0.15) is 0 Å². The highest BCUT2D eigenvalue weighted by Gasteiger charge is 2.21. The summed E-state index contributed by atoms with van der Waals surface area (Å²) in [5.41, 5.74) is 1.14. The van der Waals surface area contributed by atoms with Crippen LogP contribution in [0.15, 0.2) is 24.3 Å². The lowest BCUT2D eigenvalue weighted by molar-refractivity contribution is 0.126. The molecule has 1 aliphatic heterocycles. The number of amides is 1. The predicted molar refractivity (Wildman–Crippen MR) is 80.0 cm³/mol. The Kier molecular flexibility index (Phi) is 4.68. The number of benzene rings is 1. The quantitative estimate of drug-likeness (QED) is 0.815. The largest absolute Gasteiger partial charge is 0.465 e. The van der Waals surface area contributed by atoms with E-state index in [0.29, 0.717) is 19.0 Å². The molecule has 0 bridgehead atoms. The molecule has 1 aromatic carbocycles. The van der Waals surface area contributed by atoms with Crippen molar-refractivity contribution >= 4 is 34.4 Å². The molecule has 1 fully saturated rings. The number of rotatable bonds is 3. The first-order valence-corrected chi connectivity index (χ1v) is 7.20. The predicted octanol–water partition coefficient (Wildman–Crippen LogP) is 3.09. The van der Waals surface area contributed by atoms with Crippen LogP contribution < -0.4 is 5.32 Å². The van der Waals surface area contributed by atoms with Gasteiger partial charge in [-0.1, -0.05) is 0 Å². The Labute approximate surface area is 121 Å². The molecule has 1 aromatic rings. The summed E-state index contributed by atoms with van der Waals surface area (Å²) < 4.78 is 1.23. The minimum Gasteiger partial charge on any atom is -0.465 e. The number of halogens is 1. The molecule has 1 heterocycles. The lowest BCUT2D eigenvalue weighted by Crippen LogP contribution is -2.39. The van der Waals surface area contributed by atoms with E-state index in [0.717, 1.165) is 25.1 Å². The maximum Gasteiger partial charge on any atom is 0.407 e. The smallest absolute Gasteiger partial charge is 0.407 e. The van der Waals surface area contributed by atoms with Gasteiger partial charge in [0.05, 0.1) is 0 Å². The third kappa shape index (κ3) is 3.76. The van der Waals surface area contributed by atoms with Crippen molar-refractivity contribution in [1.29, 1.82) is 0 Å². The van der Waals surface area contributed by atoms with Gasteiger partial charge in [-0.25, -0.2) is 4.79 Å². The van der Waals surface area contributed by atoms with Gasteiger partial charge in [0.1, 0.15) is 0 Å². The highest BCUT2D eigenvalue weighted by molar-refractivity contribution is 14.1. The van der Waals surface area contributed by atoms with Crippen LogP contribution in [0.25, 0.3) is 0 Å². The Balaban J connectivity index is 1.75. The van der Waals surface area contributed by atoms with Gasteiger partial charge in [0.15, 0.2) is 0 Å². The van der Waals surface area contributed by atoms with Crippen LogP contribution in [0.4, 0.5) is 10.5 Å². The fourth-order valence-corrected chi connectivity index (χ4v) is 2.52. The lowest BCUT2D eigenvalue weighted by Gasteiger charge is -2.30. The second-order valence-corrected chi connectivity index (χ2v) is 5.85. The number of nitrogens with one attached hydrogen (secondary N) is 1. The van der Waals surface area contributed by atoms with Crippen LogP contribution >= 0.6 is 22.6 Å². The number of hydrogen-bond acceptors (Lipinski definition) is 2. The Morgan fingerprint density at radius 1 is 1.33 bits per heavy atom. The minimum atomic E-state index is -0.793. The molecule has 0 spiro atoms. The standard InChI is InChI=1S/C13H17IN2O2/c14-11-1-3-12(4-2-11)15-9-10-5-7-16(8-6-10)13(17)18/h1-4,10,15H,5-9H2,(H,17,18). The molecule has 2 rings (SSSR count). The number of piperidine rings is 1. The molecule has 0 saturated carbocycles. The zero-order valence-corrected chi connectivity index (χ0v) is 12.3. The Morgan fingerprint density at radius 3 is 2.50 bits per heavy atom. The first kappa shape index (κ1) is 13.5. The van der Waals surface area contributed by atoms with Crippen molar-refractivity contribution < 1.29 is 9.90 Å². The van der Waals surface area contributed by atoms with Crippen molar-refractivity contribution in [1.82, 2.24) is 4.90 Å². The van der Waals surface area contributed by atoms with Crippen LogP contribution in [0.1, 0.15) is 12.8 Å². The zero-order valence-electron chi connectivity index (χ0n) is 10.1. The number of likely N-dealkylation sites (tertiary alicyclic amines) is 1. The number of nitrogens with zero attached hydrogens (tertiary/aromatic N) is 1. The van der Waals surface area contributed by atoms with Crippen molar-refractivity contribution in [3.05, 3.63) is 27.8 Å². The maximum atomic E-state index is 10.8. The summed E-state index contributed by atoms with van der Waals surface area (Å²) in [6, 6.07) is 8.31. The molecule has 0 radical (unpaired) electrons. The van der Waals surface area contributed by atoms with Crippen molar-refractivity contribution in [3.63, 3.8) is 0 Å². The van der Waals surface area contributed by atoms with Gasteiger partial charge in [-0.05, 0) is 65.6 Å². The highest BCUT2D eigenvalue weighted by Crippen LogP contribution is 2.18. The number of hydrogen-bond donors (Lipinski definition) is 2. The van der Waals surface area contributed by atoms with E-state index in [-0.39, 0.29) is 0 Å². The Bertz CT molecular complexity index is 400. The molecule has 2 N–H and O–H groups in total. The summed E-state index contributed by atoms with van der Waals surface area (Å²) in [6.07, 6.45) is 1.10. The van der Waals surface area contributed by atoms with Gasteiger partial charge in [-0.15, -0.1) is 0 Å². The van der Waals surface area contributed by atoms with E-state index in [2.05, 4.69) is 52.2 Å². The molecule has 0 atom stereocenters. The summed E-state index contributed by atoms with van der Waals surface area (Å²) in [5.74, 6) is 0.569. The maximum absolute atomic E-state index is 10.8. The van der Waals surface area contributed by atoms with Crippen LogP contribution in [0.2, 0.25) is 0 Å². The number of anilines is 1. The van der Waals surface area contributed by atoms with Gasteiger partial charge in [0.25, 0.3) is 0 Å². The summed E-state index contributed by atoms with van der Waals surface area (Å²) in [5, 5.41) is 12.3. The van der Waals surface area contributed by atoms with Gasteiger partial charge in [0.2, 0.25) is 0 Å². The van der Waals surface area contributed by atoms with E-state index >= 15 is 0 Å². The number of carbonyl (C=O) groups is 1. The molecule has 98 valence electrons. The zero-order chi connectivity index (χ0) is 13.0.